The van der Waals surface area contributed by atoms with Crippen LogP contribution in [0.5, 0.6) is 0 Å². The first-order chi connectivity index (χ1) is 8.43. The van der Waals surface area contributed by atoms with E-state index in [0.717, 1.165) is 18.7 Å². The van der Waals surface area contributed by atoms with Crippen molar-refractivity contribution >= 4 is 28.8 Å². The minimum Gasteiger partial charge on any atom is -0.393 e. The molecule has 2 nitrogen and oxygen atoms in total. The summed E-state index contributed by atoms with van der Waals surface area (Å²) in [6, 6.07) is 4.41. The van der Waals surface area contributed by atoms with E-state index >= 15 is 0 Å². The maximum Gasteiger partial charge on any atom is 0.123 e. The molecule has 0 fully saturated rings. The van der Waals surface area contributed by atoms with Gasteiger partial charge in [-0.2, -0.15) is 0 Å². The highest BCUT2D eigenvalue weighted by Gasteiger charge is 2.13. The van der Waals surface area contributed by atoms with Crippen molar-refractivity contribution in [3.05, 3.63) is 34.6 Å². The number of rotatable bonds is 6. The Hall–Kier alpha value is -0.710. The van der Waals surface area contributed by atoms with E-state index in [1.807, 2.05) is 13.8 Å². The maximum absolute atomic E-state index is 13.2. The van der Waals surface area contributed by atoms with Gasteiger partial charge in [-0.25, -0.2) is 4.39 Å². The van der Waals surface area contributed by atoms with Crippen LogP contribution in [-0.4, -0.2) is 23.0 Å². The van der Waals surface area contributed by atoms with E-state index in [1.54, 1.807) is 6.07 Å². The monoisotopic (exact) mass is 288 g/mol. The van der Waals surface area contributed by atoms with Crippen LogP contribution >= 0.6 is 23.8 Å². The van der Waals surface area contributed by atoms with Gasteiger partial charge in [-0.1, -0.05) is 37.7 Å². The van der Waals surface area contributed by atoms with Crippen LogP contribution in [0.1, 0.15) is 19.4 Å². The number of halogens is 2. The number of nitrogens with two attached hydrogens (primary N) is 1. The molecular weight excluding hydrogens is 271 g/mol. The molecule has 1 unspecified atom stereocenters. The molecule has 0 bridgehead atoms. The Morgan fingerprint density at radius 1 is 1.56 bits per heavy atom. The highest BCUT2D eigenvalue weighted by atomic mass is 35.5. The molecule has 0 aliphatic rings. The van der Waals surface area contributed by atoms with Crippen LogP contribution < -0.4 is 5.73 Å². The standard InChI is InChI=1S/C13H18ClFN2S/c1-3-17(7-9(2)13(16)18)8-10-6-11(15)4-5-12(10)14/h4-6,9H,3,7-8H2,1-2H3,(H2,16,18). The van der Waals surface area contributed by atoms with Crippen LogP contribution in [0.4, 0.5) is 4.39 Å². The first-order valence-electron chi connectivity index (χ1n) is 5.89. The highest BCUT2D eigenvalue weighted by Crippen LogP contribution is 2.19. The summed E-state index contributed by atoms with van der Waals surface area (Å²) in [6.45, 7) is 6.20. The average Bonchev–Trinajstić information content (AvgIpc) is 2.32. The van der Waals surface area contributed by atoms with E-state index in [0.29, 0.717) is 16.6 Å². The predicted molar refractivity (Wildman–Crippen MR) is 78.3 cm³/mol. The van der Waals surface area contributed by atoms with Gasteiger partial charge in [0.1, 0.15) is 5.82 Å². The van der Waals surface area contributed by atoms with E-state index in [9.17, 15) is 4.39 Å². The molecule has 0 spiro atoms. The summed E-state index contributed by atoms with van der Waals surface area (Å²) < 4.78 is 13.2. The van der Waals surface area contributed by atoms with Gasteiger partial charge >= 0.3 is 0 Å². The lowest BCUT2D eigenvalue weighted by Gasteiger charge is -2.24. The first kappa shape index (κ1) is 15.3. The Morgan fingerprint density at radius 2 is 2.22 bits per heavy atom. The molecule has 1 aromatic carbocycles. The quantitative estimate of drug-likeness (QED) is 0.815. The van der Waals surface area contributed by atoms with Crippen molar-refractivity contribution in [3.63, 3.8) is 0 Å². The smallest absolute Gasteiger partial charge is 0.123 e. The van der Waals surface area contributed by atoms with E-state index in [2.05, 4.69) is 4.90 Å². The van der Waals surface area contributed by atoms with Gasteiger partial charge in [-0.15, -0.1) is 0 Å². The molecule has 0 amide bonds. The third kappa shape index (κ3) is 4.52. The minimum absolute atomic E-state index is 0.132. The van der Waals surface area contributed by atoms with Crippen LogP contribution in [0.15, 0.2) is 18.2 Å². The Balaban J connectivity index is 2.73. The summed E-state index contributed by atoms with van der Waals surface area (Å²) in [4.78, 5) is 2.64. The fourth-order valence-corrected chi connectivity index (χ4v) is 1.94. The Bertz CT molecular complexity index is 425. The SMILES string of the molecule is CCN(Cc1cc(F)ccc1Cl)CC(C)C(N)=S. The summed E-state index contributed by atoms with van der Waals surface area (Å²) in [6.07, 6.45) is 0. The van der Waals surface area contributed by atoms with Crippen molar-refractivity contribution in [2.24, 2.45) is 11.7 Å². The van der Waals surface area contributed by atoms with E-state index in [-0.39, 0.29) is 11.7 Å². The summed E-state index contributed by atoms with van der Waals surface area (Å²) in [5.41, 5.74) is 6.39. The lowest BCUT2D eigenvalue weighted by atomic mass is 10.1. The molecular formula is C13H18ClFN2S. The zero-order valence-electron chi connectivity index (χ0n) is 10.6. The number of hydrogen-bond acceptors (Lipinski definition) is 2. The van der Waals surface area contributed by atoms with Gasteiger partial charge in [0.25, 0.3) is 0 Å². The maximum atomic E-state index is 13.2. The molecule has 18 heavy (non-hydrogen) atoms. The van der Waals surface area contributed by atoms with Gasteiger partial charge in [0.05, 0.1) is 4.99 Å². The van der Waals surface area contributed by atoms with Crippen molar-refractivity contribution < 1.29 is 4.39 Å². The predicted octanol–water partition coefficient (Wildman–Crippen LogP) is 3.22. The van der Waals surface area contributed by atoms with Gasteiger partial charge < -0.3 is 5.73 Å². The summed E-state index contributed by atoms with van der Waals surface area (Å²) in [5.74, 6) is -0.139. The zero-order chi connectivity index (χ0) is 13.7. The molecule has 0 aliphatic heterocycles. The first-order valence-corrected chi connectivity index (χ1v) is 6.68. The highest BCUT2D eigenvalue weighted by molar-refractivity contribution is 7.80. The molecule has 100 valence electrons. The number of hydrogen-bond donors (Lipinski definition) is 1. The molecule has 0 aliphatic carbocycles. The topological polar surface area (TPSA) is 29.3 Å². The molecule has 1 atom stereocenters. The van der Waals surface area contributed by atoms with E-state index in [1.165, 1.54) is 12.1 Å². The van der Waals surface area contributed by atoms with Crippen molar-refractivity contribution in [1.29, 1.82) is 0 Å². The normalized spacial score (nSPS) is 12.7. The largest absolute Gasteiger partial charge is 0.393 e. The van der Waals surface area contributed by atoms with Crippen molar-refractivity contribution in [2.45, 2.75) is 20.4 Å². The van der Waals surface area contributed by atoms with Crippen LogP contribution in [0.3, 0.4) is 0 Å². The molecule has 2 N–H and O–H groups in total. The molecule has 1 rings (SSSR count). The molecule has 5 heteroatoms. The second-order valence-corrected chi connectivity index (χ2v) is 5.25. The Labute approximate surface area is 118 Å². The molecule has 0 radical (unpaired) electrons. The van der Waals surface area contributed by atoms with Crippen molar-refractivity contribution in [2.75, 3.05) is 13.1 Å². The molecule has 0 saturated carbocycles. The molecule has 1 aromatic rings. The lowest BCUT2D eigenvalue weighted by molar-refractivity contribution is 0.264. The number of nitrogens with zero attached hydrogens (tertiary/aromatic N) is 1. The number of benzene rings is 1. The summed E-state index contributed by atoms with van der Waals surface area (Å²) >= 11 is 11.0. The fraction of sp³-hybridized carbons (Fsp3) is 0.462. The lowest BCUT2D eigenvalue weighted by Crippen LogP contribution is -2.33. The minimum atomic E-state index is -0.271. The van der Waals surface area contributed by atoms with Gasteiger partial charge in [-0.05, 0) is 30.3 Å². The van der Waals surface area contributed by atoms with E-state index in [4.69, 9.17) is 29.6 Å². The van der Waals surface area contributed by atoms with Gasteiger partial charge in [-0.3, -0.25) is 4.90 Å². The van der Waals surface area contributed by atoms with Crippen LogP contribution in [0, 0.1) is 11.7 Å². The van der Waals surface area contributed by atoms with Gasteiger partial charge in [0, 0.05) is 24.0 Å². The molecule has 0 saturated heterocycles. The molecule has 0 heterocycles. The number of thiocarbonyl (C=S) groups is 1. The third-order valence-corrected chi connectivity index (χ3v) is 3.64. The third-order valence-electron chi connectivity index (χ3n) is 2.87. The van der Waals surface area contributed by atoms with Crippen LogP contribution in [0.2, 0.25) is 5.02 Å². The van der Waals surface area contributed by atoms with Crippen molar-refractivity contribution in [3.8, 4) is 0 Å². The second kappa shape index (κ2) is 7.02. The summed E-state index contributed by atoms with van der Waals surface area (Å²) in [5, 5.41) is 0.581. The van der Waals surface area contributed by atoms with Crippen LogP contribution in [0.25, 0.3) is 0 Å². The second-order valence-electron chi connectivity index (χ2n) is 4.37. The Kier molecular flexibility index (Phi) is 5.99. The fourth-order valence-electron chi connectivity index (χ4n) is 1.69. The van der Waals surface area contributed by atoms with Gasteiger partial charge in [0.15, 0.2) is 0 Å². The van der Waals surface area contributed by atoms with Crippen molar-refractivity contribution in [1.82, 2.24) is 4.90 Å². The average molecular weight is 289 g/mol. The van der Waals surface area contributed by atoms with Gasteiger partial charge in [0.2, 0.25) is 0 Å². The molecule has 0 aromatic heterocycles. The van der Waals surface area contributed by atoms with E-state index < -0.39 is 0 Å². The van der Waals surface area contributed by atoms with Crippen LogP contribution in [-0.2, 0) is 6.54 Å². The zero-order valence-corrected chi connectivity index (χ0v) is 12.2. The Morgan fingerprint density at radius 3 is 2.78 bits per heavy atom. The summed E-state index contributed by atoms with van der Waals surface area (Å²) in [7, 11) is 0.